The molecule has 0 fully saturated rings. The first-order chi connectivity index (χ1) is 7.76. The van der Waals surface area contributed by atoms with Gasteiger partial charge in [0.05, 0.1) is 17.0 Å². The average Bonchev–Trinajstić information content (AvgIpc) is 2.63. The van der Waals surface area contributed by atoms with Gasteiger partial charge in [-0.05, 0) is 20.8 Å². The van der Waals surface area contributed by atoms with Gasteiger partial charge < -0.3 is 10.2 Å². The molecule has 8 heteroatoms. The van der Waals surface area contributed by atoms with Gasteiger partial charge in [-0.2, -0.15) is 0 Å². The summed E-state index contributed by atoms with van der Waals surface area (Å²) in [5.74, 6) is 0.832. The molecule has 98 valence electrons. The van der Waals surface area contributed by atoms with Crippen molar-refractivity contribution in [1.29, 1.82) is 0 Å². The largest absolute Gasteiger partial charge is 0.415 e. The zero-order valence-electron chi connectivity index (χ0n) is 10.1. The second-order valence-corrected chi connectivity index (χ2v) is 8.35. The van der Waals surface area contributed by atoms with E-state index in [1.54, 1.807) is 20.8 Å². The minimum Gasteiger partial charge on any atom is -0.415 e. The van der Waals surface area contributed by atoms with Crippen LogP contribution in [0.4, 0.5) is 0 Å². The van der Waals surface area contributed by atoms with Crippen LogP contribution in [0.1, 0.15) is 26.7 Å². The molecule has 6 nitrogen and oxygen atoms in total. The van der Waals surface area contributed by atoms with Gasteiger partial charge in [-0.25, -0.2) is 8.42 Å². The maximum absolute atomic E-state index is 11.8. The van der Waals surface area contributed by atoms with Gasteiger partial charge in [0.15, 0.2) is 9.84 Å². The molecule has 2 N–H and O–H groups in total. The molecule has 17 heavy (non-hydrogen) atoms. The molecule has 0 saturated heterocycles. The Balaban J connectivity index is 2.48. The first-order valence-corrected chi connectivity index (χ1v) is 7.77. The summed E-state index contributed by atoms with van der Waals surface area (Å²) >= 11 is 1.22. The predicted octanol–water partition coefficient (Wildman–Crippen LogP) is 0.834. The highest BCUT2D eigenvalue weighted by atomic mass is 32.2. The highest BCUT2D eigenvalue weighted by Crippen LogP contribution is 2.20. The first kappa shape index (κ1) is 14.5. The smallest absolute Gasteiger partial charge is 0.276 e. The second-order valence-electron chi connectivity index (χ2n) is 4.45. The molecular weight excluding hydrogens is 262 g/mol. The SMILES string of the molecule is CC(C)(C)S(=O)(=O)CCSc1nnc(CN)o1. The molecular formula is C9H17N3O3S2. The molecule has 0 unspecified atom stereocenters. The van der Waals surface area contributed by atoms with E-state index in [1.807, 2.05) is 0 Å². The lowest BCUT2D eigenvalue weighted by Gasteiger charge is -2.18. The Morgan fingerprint density at radius 2 is 2.00 bits per heavy atom. The van der Waals surface area contributed by atoms with Gasteiger partial charge in [-0.3, -0.25) is 0 Å². The Bertz CT molecular complexity index is 462. The summed E-state index contributed by atoms with van der Waals surface area (Å²) in [6, 6.07) is 0. The van der Waals surface area contributed by atoms with E-state index in [-0.39, 0.29) is 12.3 Å². The summed E-state index contributed by atoms with van der Waals surface area (Å²) in [6.45, 7) is 5.25. The molecule has 0 amide bonds. The summed E-state index contributed by atoms with van der Waals surface area (Å²) in [5, 5.41) is 7.78. The predicted molar refractivity (Wildman–Crippen MR) is 66.5 cm³/mol. The van der Waals surface area contributed by atoms with Crippen molar-refractivity contribution in [2.75, 3.05) is 11.5 Å². The molecule has 0 spiro atoms. The molecule has 0 saturated carbocycles. The molecule has 0 atom stereocenters. The third kappa shape index (κ3) is 3.97. The minimum atomic E-state index is -3.10. The van der Waals surface area contributed by atoms with Gasteiger partial charge in [0.1, 0.15) is 0 Å². The third-order valence-electron chi connectivity index (χ3n) is 2.13. The van der Waals surface area contributed by atoms with Crippen LogP contribution in [0.3, 0.4) is 0 Å². The Hall–Kier alpha value is -0.600. The van der Waals surface area contributed by atoms with Gasteiger partial charge in [0.2, 0.25) is 5.89 Å². The molecule has 0 aromatic carbocycles. The Labute approximate surface area is 105 Å². The number of nitrogens with two attached hydrogens (primary N) is 1. The van der Waals surface area contributed by atoms with Crippen molar-refractivity contribution in [3.05, 3.63) is 5.89 Å². The molecule has 0 aliphatic carbocycles. The van der Waals surface area contributed by atoms with Crippen molar-refractivity contribution in [3.63, 3.8) is 0 Å². The molecule has 1 aromatic heterocycles. The fourth-order valence-electron chi connectivity index (χ4n) is 0.924. The summed E-state index contributed by atoms with van der Waals surface area (Å²) in [6.07, 6.45) is 0. The average molecular weight is 279 g/mol. The van der Waals surface area contributed by atoms with E-state index in [4.69, 9.17) is 10.2 Å². The van der Waals surface area contributed by atoms with Gasteiger partial charge in [0, 0.05) is 5.75 Å². The van der Waals surface area contributed by atoms with Gasteiger partial charge >= 0.3 is 0 Å². The number of aromatic nitrogens is 2. The minimum absolute atomic E-state index is 0.0848. The van der Waals surface area contributed by atoms with E-state index in [9.17, 15) is 8.42 Å². The lowest BCUT2D eigenvalue weighted by molar-refractivity contribution is 0.415. The quantitative estimate of drug-likeness (QED) is 0.797. The Morgan fingerprint density at radius 1 is 1.35 bits per heavy atom. The number of hydrogen-bond donors (Lipinski definition) is 1. The fourth-order valence-corrected chi connectivity index (χ4v) is 3.18. The normalized spacial score (nSPS) is 12.9. The van der Waals surface area contributed by atoms with E-state index in [2.05, 4.69) is 10.2 Å². The van der Waals surface area contributed by atoms with E-state index < -0.39 is 14.6 Å². The summed E-state index contributed by atoms with van der Waals surface area (Å²) in [4.78, 5) is 0. The van der Waals surface area contributed by atoms with E-state index >= 15 is 0 Å². The van der Waals surface area contributed by atoms with Crippen molar-refractivity contribution >= 4 is 21.6 Å². The standard InChI is InChI=1S/C9H17N3O3S2/c1-9(2,3)17(13,14)5-4-16-8-12-11-7(6-10)15-8/h4-6,10H2,1-3H3. The van der Waals surface area contributed by atoms with Crippen LogP contribution in [0.2, 0.25) is 0 Å². The van der Waals surface area contributed by atoms with Crippen LogP contribution in [0, 0.1) is 0 Å². The number of hydrogen-bond acceptors (Lipinski definition) is 7. The first-order valence-electron chi connectivity index (χ1n) is 5.14. The van der Waals surface area contributed by atoms with Crippen molar-refractivity contribution < 1.29 is 12.8 Å². The highest BCUT2D eigenvalue weighted by molar-refractivity contribution is 8.00. The Morgan fingerprint density at radius 3 is 2.47 bits per heavy atom. The number of nitrogens with zero attached hydrogens (tertiary/aromatic N) is 2. The molecule has 1 heterocycles. The molecule has 0 bridgehead atoms. The summed E-state index contributed by atoms with van der Waals surface area (Å²) < 4.78 is 28.0. The van der Waals surface area contributed by atoms with Crippen molar-refractivity contribution in [2.24, 2.45) is 5.73 Å². The lowest BCUT2D eigenvalue weighted by atomic mass is 10.3. The van der Waals surface area contributed by atoms with Crippen molar-refractivity contribution in [2.45, 2.75) is 37.3 Å². The maximum Gasteiger partial charge on any atom is 0.276 e. The molecule has 0 aliphatic heterocycles. The van der Waals surface area contributed by atoms with E-state index in [0.29, 0.717) is 16.9 Å². The van der Waals surface area contributed by atoms with E-state index in [1.165, 1.54) is 11.8 Å². The van der Waals surface area contributed by atoms with Crippen LogP contribution in [0.5, 0.6) is 0 Å². The van der Waals surface area contributed by atoms with E-state index in [0.717, 1.165) is 0 Å². The number of rotatable bonds is 5. The zero-order valence-corrected chi connectivity index (χ0v) is 11.8. The summed E-state index contributed by atoms with van der Waals surface area (Å²) in [7, 11) is -3.10. The topological polar surface area (TPSA) is 99.1 Å². The lowest BCUT2D eigenvalue weighted by Crippen LogP contribution is -2.31. The summed E-state index contributed by atoms with van der Waals surface area (Å²) in [5.41, 5.74) is 5.32. The maximum atomic E-state index is 11.8. The van der Waals surface area contributed by atoms with Gasteiger partial charge in [-0.1, -0.05) is 11.8 Å². The van der Waals surface area contributed by atoms with Crippen molar-refractivity contribution in [1.82, 2.24) is 10.2 Å². The van der Waals surface area contributed by atoms with Crippen molar-refractivity contribution in [3.8, 4) is 0 Å². The van der Waals surface area contributed by atoms with Crippen LogP contribution in [-0.2, 0) is 16.4 Å². The van der Waals surface area contributed by atoms with Crippen LogP contribution in [0.15, 0.2) is 9.64 Å². The van der Waals surface area contributed by atoms with Crippen LogP contribution < -0.4 is 5.73 Å². The zero-order chi connectivity index (χ0) is 13.1. The fraction of sp³-hybridized carbons (Fsp3) is 0.778. The van der Waals surface area contributed by atoms with Gasteiger partial charge in [-0.15, -0.1) is 10.2 Å². The van der Waals surface area contributed by atoms with Gasteiger partial charge in [0.25, 0.3) is 5.22 Å². The van der Waals surface area contributed by atoms with Crippen LogP contribution in [0.25, 0.3) is 0 Å². The van der Waals surface area contributed by atoms with Crippen LogP contribution in [-0.4, -0.2) is 34.9 Å². The third-order valence-corrected chi connectivity index (χ3v) is 5.82. The molecule has 0 aliphatic rings. The second kappa shape index (κ2) is 5.36. The van der Waals surface area contributed by atoms with Crippen LogP contribution >= 0.6 is 11.8 Å². The Kier molecular flexibility index (Phi) is 4.56. The molecule has 1 aromatic rings. The molecule has 0 radical (unpaired) electrons. The molecule has 1 rings (SSSR count). The monoisotopic (exact) mass is 279 g/mol. The number of thioether (sulfide) groups is 1. The highest BCUT2D eigenvalue weighted by Gasteiger charge is 2.28. The number of sulfone groups is 1.